The van der Waals surface area contributed by atoms with Crippen LogP contribution in [-0.2, 0) is 4.79 Å². The van der Waals surface area contributed by atoms with E-state index in [4.69, 9.17) is 4.74 Å². The molecule has 1 aliphatic heterocycles. The number of halogens is 1. The summed E-state index contributed by atoms with van der Waals surface area (Å²) in [6, 6.07) is 7.89. The van der Waals surface area contributed by atoms with E-state index in [1.165, 1.54) is 0 Å². The number of carbonyl (C=O) groups excluding carboxylic acids is 1. The smallest absolute Gasteiger partial charge is 0.133 e. The van der Waals surface area contributed by atoms with Crippen LogP contribution in [0.4, 0.5) is 0 Å². The van der Waals surface area contributed by atoms with Crippen molar-refractivity contribution < 1.29 is 9.53 Å². The van der Waals surface area contributed by atoms with Crippen LogP contribution in [0, 0.1) is 5.92 Å². The number of carbonyl (C=O) groups is 1. The molecule has 0 radical (unpaired) electrons. The molecular weight excluding hydrogens is 306 g/mol. The Hall–Kier alpha value is -0.870. The summed E-state index contributed by atoms with van der Waals surface area (Å²) >= 11 is 3.40. The number of piperidine rings is 1. The molecule has 1 saturated heterocycles. The molecule has 1 heterocycles. The van der Waals surface area contributed by atoms with Gasteiger partial charge in [-0.05, 0) is 57.1 Å². The molecule has 1 aromatic rings. The number of likely N-dealkylation sites (tertiary alicyclic amines) is 1. The first-order valence-electron chi connectivity index (χ1n) is 6.76. The second kappa shape index (κ2) is 7.06. The first-order valence-corrected chi connectivity index (χ1v) is 7.55. The molecule has 0 N–H and O–H groups in total. The van der Waals surface area contributed by atoms with Gasteiger partial charge in [-0.1, -0.05) is 15.9 Å². The Kier molecular flexibility index (Phi) is 5.40. The van der Waals surface area contributed by atoms with Gasteiger partial charge in [0.25, 0.3) is 0 Å². The van der Waals surface area contributed by atoms with E-state index in [1.807, 2.05) is 24.3 Å². The maximum atomic E-state index is 11.3. The predicted octanol–water partition coefficient (Wildman–Crippen LogP) is 3.13. The first-order chi connectivity index (χ1) is 9.15. The van der Waals surface area contributed by atoms with Crippen LogP contribution < -0.4 is 4.74 Å². The third kappa shape index (κ3) is 4.62. The van der Waals surface area contributed by atoms with E-state index in [2.05, 4.69) is 20.8 Å². The Balaban J connectivity index is 1.67. The van der Waals surface area contributed by atoms with Crippen molar-refractivity contribution in [3.8, 4) is 5.75 Å². The third-order valence-corrected chi connectivity index (χ3v) is 4.18. The molecule has 104 valence electrons. The number of benzene rings is 1. The Morgan fingerprint density at radius 3 is 2.53 bits per heavy atom. The van der Waals surface area contributed by atoms with E-state index in [1.54, 1.807) is 6.92 Å². The quantitative estimate of drug-likeness (QED) is 0.833. The summed E-state index contributed by atoms with van der Waals surface area (Å²) in [4.78, 5) is 13.7. The van der Waals surface area contributed by atoms with E-state index < -0.39 is 0 Å². The van der Waals surface area contributed by atoms with E-state index in [0.29, 0.717) is 12.4 Å². The minimum absolute atomic E-state index is 0.281. The van der Waals surface area contributed by atoms with Crippen LogP contribution >= 0.6 is 15.9 Å². The van der Waals surface area contributed by atoms with Crippen LogP contribution in [0.25, 0.3) is 0 Å². The Bertz CT molecular complexity index is 411. The Labute approximate surface area is 123 Å². The topological polar surface area (TPSA) is 29.5 Å². The molecule has 4 heteroatoms. The van der Waals surface area contributed by atoms with E-state index in [-0.39, 0.29) is 5.92 Å². The molecule has 0 spiro atoms. The van der Waals surface area contributed by atoms with Gasteiger partial charge in [-0.2, -0.15) is 0 Å². The monoisotopic (exact) mass is 325 g/mol. The third-order valence-electron chi connectivity index (χ3n) is 3.65. The van der Waals surface area contributed by atoms with E-state index in [0.717, 1.165) is 42.7 Å². The minimum Gasteiger partial charge on any atom is -0.492 e. The van der Waals surface area contributed by atoms with Gasteiger partial charge in [0, 0.05) is 16.9 Å². The molecule has 3 nitrogen and oxygen atoms in total. The van der Waals surface area contributed by atoms with Gasteiger partial charge in [0.05, 0.1) is 0 Å². The summed E-state index contributed by atoms with van der Waals surface area (Å²) in [6.45, 7) is 5.35. The van der Waals surface area contributed by atoms with Crippen LogP contribution in [0.1, 0.15) is 19.8 Å². The largest absolute Gasteiger partial charge is 0.492 e. The van der Waals surface area contributed by atoms with Crippen molar-refractivity contribution in [2.45, 2.75) is 19.8 Å². The highest BCUT2D eigenvalue weighted by molar-refractivity contribution is 9.10. The number of nitrogens with zero attached hydrogens (tertiary/aromatic N) is 1. The summed E-state index contributed by atoms with van der Waals surface area (Å²) in [5, 5.41) is 0. The lowest BCUT2D eigenvalue weighted by Crippen LogP contribution is -2.38. The zero-order chi connectivity index (χ0) is 13.7. The molecule has 0 saturated carbocycles. The lowest BCUT2D eigenvalue weighted by molar-refractivity contribution is -0.122. The molecule has 1 fully saturated rings. The molecule has 0 aliphatic carbocycles. The lowest BCUT2D eigenvalue weighted by atomic mass is 9.93. The molecule has 0 unspecified atom stereocenters. The number of ether oxygens (including phenoxy) is 1. The number of rotatable bonds is 5. The summed E-state index contributed by atoms with van der Waals surface area (Å²) < 4.78 is 6.77. The van der Waals surface area contributed by atoms with Crippen molar-refractivity contribution in [3.05, 3.63) is 28.7 Å². The standard InChI is InChI=1S/C15H20BrNO2/c1-12(18)13-6-8-17(9-7-13)10-11-19-15-4-2-14(16)3-5-15/h2-5,13H,6-11H2,1H3. The highest BCUT2D eigenvalue weighted by Gasteiger charge is 2.21. The minimum atomic E-state index is 0.281. The van der Waals surface area contributed by atoms with Gasteiger partial charge in [-0.3, -0.25) is 9.69 Å². The van der Waals surface area contributed by atoms with Crippen LogP contribution in [0.5, 0.6) is 5.75 Å². The van der Waals surface area contributed by atoms with Crippen molar-refractivity contribution >= 4 is 21.7 Å². The Morgan fingerprint density at radius 1 is 1.32 bits per heavy atom. The van der Waals surface area contributed by atoms with Crippen molar-refractivity contribution in [2.75, 3.05) is 26.2 Å². The number of Topliss-reactive ketones (excluding diaryl/α,β-unsaturated/α-hetero) is 1. The van der Waals surface area contributed by atoms with Gasteiger partial charge in [0.15, 0.2) is 0 Å². The Morgan fingerprint density at radius 2 is 1.95 bits per heavy atom. The molecule has 0 aromatic heterocycles. The predicted molar refractivity (Wildman–Crippen MR) is 79.5 cm³/mol. The van der Waals surface area contributed by atoms with Gasteiger partial charge in [-0.25, -0.2) is 0 Å². The van der Waals surface area contributed by atoms with Crippen LogP contribution in [0.15, 0.2) is 28.7 Å². The van der Waals surface area contributed by atoms with Gasteiger partial charge in [0.2, 0.25) is 0 Å². The van der Waals surface area contributed by atoms with E-state index in [9.17, 15) is 4.79 Å². The van der Waals surface area contributed by atoms with Crippen LogP contribution in [0.2, 0.25) is 0 Å². The zero-order valence-electron chi connectivity index (χ0n) is 11.3. The molecule has 1 aromatic carbocycles. The first kappa shape index (κ1) is 14.5. The van der Waals surface area contributed by atoms with Crippen molar-refractivity contribution in [2.24, 2.45) is 5.92 Å². The summed E-state index contributed by atoms with van der Waals surface area (Å²) in [5.41, 5.74) is 0. The van der Waals surface area contributed by atoms with Crippen LogP contribution in [-0.4, -0.2) is 36.9 Å². The van der Waals surface area contributed by atoms with Crippen LogP contribution in [0.3, 0.4) is 0 Å². The van der Waals surface area contributed by atoms with Gasteiger partial charge in [-0.15, -0.1) is 0 Å². The second-order valence-electron chi connectivity index (χ2n) is 5.03. The average Bonchev–Trinajstić information content (AvgIpc) is 2.41. The fourth-order valence-corrected chi connectivity index (χ4v) is 2.65. The summed E-state index contributed by atoms with van der Waals surface area (Å²) in [6.07, 6.45) is 1.99. The highest BCUT2D eigenvalue weighted by atomic mass is 79.9. The number of hydrogen-bond donors (Lipinski definition) is 0. The fourth-order valence-electron chi connectivity index (χ4n) is 2.39. The van der Waals surface area contributed by atoms with E-state index >= 15 is 0 Å². The molecule has 0 amide bonds. The van der Waals surface area contributed by atoms with Gasteiger partial charge < -0.3 is 4.74 Å². The molecular formula is C15H20BrNO2. The normalized spacial score (nSPS) is 17.4. The zero-order valence-corrected chi connectivity index (χ0v) is 12.9. The van der Waals surface area contributed by atoms with Crippen molar-refractivity contribution in [1.29, 1.82) is 0 Å². The molecule has 19 heavy (non-hydrogen) atoms. The number of ketones is 1. The molecule has 1 aliphatic rings. The number of hydrogen-bond acceptors (Lipinski definition) is 3. The molecule has 2 rings (SSSR count). The molecule has 0 atom stereocenters. The summed E-state index contributed by atoms with van der Waals surface area (Å²) in [5.74, 6) is 1.52. The van der Waals surface area contributed by atoms with Crippen molar-refractivity contribution in [3.63, 3.8) is 0 Å². The molecule has 0 bridgehead atoms. The maximum absolute atomic E-state index is 11.3. The highest BCUT2D eigenvalue weighted by Crippen LogP contribution is 2.18. The lowest BCUT2D eigenvalue weighted by Gasteiger charge is -2.30. The fraction of sp³-hybridized carbons (Fsp3) is 0.533. The second-order valence-corrected chi connectivity index (χ2v) is 5.94. The maximum Gasteiger partial charge on any atom is 0.133 e. The van der Waals surface area contributed by atoms with Crippen molar-refractivity contribution in [1.82, 2.24) is 4.90 Å². The van der Waals surface area contributed by atoms with Gasteiger partial charge in [0.1, 0.15) is 18.1 Å². The SMILES string of the molecule is CC(=O)C1CCN(CCOc2ccc(Br)cc2)CC1. The summed E-state index contributed by atoms with van der Waals surface area (Å²) in [7, 11) is 0. The average molecular weight is 326 g/mol. The van der Waals surface area contributed by atoms with Gasteiger partial charge >= 0.3 is 0 Å².